The van der Waals surface area contributed by atoms with E-state index in [1.54, 1.807) is 23.3 Å². The SMILES string of the molecule is CC1Cc2ccccc2C1C.CCC(C)(C)C(=O)OC1c2ccccc2-c2ccccc21.CCC(C)c1ccc(O)cc1. The van der Waals surface area contributed by atoms with E-state index in [-0.39, 0.29) is 12.1 Å². The van der Waals surface area contributed by atoms with Gasteiger partial charge in [-0.2, -0.15) is 0 Å². The van der Waals surface area contributed by atoms with Crippen LogP contribution in [0.4, 0.5) is 0 Å². The second-order valence-corrected chi connectivity index (χ2v) is 12.8. The Hall–Kier alpha value is -3.85. The Balaban J connectivity index is 0.000000162. The standard InChI is InChI=1S/C19H20O2.C11H14.C10H14O/c1-4-19(2,3)18(20)21-17-15-11-7-5-9-13(15)14-10-6-8-12-16(14)17;1-8-7-10-5-3-4-6-11(10)9(8)2;1-3-8(2)9-4-6-10(11)7-5-9/h5-12,17H,4H2,1-3H3;3-6,8-9H,7H2,1-2H3;4-8,11H,3H2,1-2H3. The molecule has 226 valence electrons. The van der Waals surface area contributed by atoms with Gasteiger partial charge in [-0.1, -0.05) is 120 Å². The maximum Gasteiger partial charge on any atom is 0.312 e. The average molecular weight is 577 g/mol. The molecule has 0 aliphatic heterocycles. The fourth-order valence-electron chi connectivity index (χ4n) is 5.68. The van der Waals surface area contributed by atoms with Gasteiger partial charge in [-0.15, -0.1) is 0 Å². The van der Waals surface area contributed by atoms with Gasteiger partial charge in [0.2, 0.25) is 0 Å². The van der Waals surface area contributed by atoms with Crippen LogP contribution < -0.4 is 0 Å². The molecule has 1 N–H and O–H groups in total. The van der Waals surface area contributed by atoms with Crippen LogP contribution >= 0.6 is 0 Å². The molecular formula is C40H48O3. The van der Waals surface area contributed by atoms with E-state index in [0.29, 0.717) is 11.7 Å². The van der Waals surface area contributed by atoms with Crippen LogP contribution in [-0.4, -0.2) is 11.1 Å². The summed E-state index contributed by atoms with van der Waals surface area (Å²) in [6, 6.07) is 32.6. The molecule has 6 rings (SSSR count). The van der Waals surface area contributed by atoms with E-state index in [0.717, 1.165) is 35.8 Å². The number of phenols is 1. The molecule has 0 bridgehead atoms. The summed E-state index contributed by atoms with van der Waals surface area (Å²) in [5.74, 6) is 2.41. The summed E-state index contributed by atoms with van der Waals surface area (Å²) in [5.41, 5.74) is 8.48. The second-order valence-electron chi connectivity index (χ2n) is 12.8. The van der Waals surface area contributed by atoms with Crippen molar-refractivity contribution >= 4 is 5.97 Å². The largest absolute Gasteiger partial charge is 0.508 e. The quantitative estimate of drug-likeness (QED) is 0.240. The highest BCUT2D eigenvalue weighted by molar-refractivity contribution is 5.81. The number of hydrogen-bond acceptors (Lipinski definition) is 3. The third kappa shape index (κ3) is 7.39. The smallest absolute Gasteiger partial charge is 0.312 e. The molecule has 3 unspecified atom stereocenters. The van der Waals surface area contributed by atoms with Crippen LogP contribution in [0.15, 0.2) is 97.1 Å². The number of rotatable bonds is 5. The van der Waals surface area contributed by atoms with Crippen LogP contribution in [0.25, 0.3) is 11.1 Å². The lowest BCUT2D eigenvalue weighted by Crippen LogP contribution is -2.27. The third-order valence-electron chi connectivity index (χ3n) is 9.45. The van der Waals surface area contributed by atoms with E-state index >= 15 is 0 Å². The van der Waals surface area contributed by atoms with Gasteiger partial charge in [0.05, 0.1) is 5.41 Å². The number of carbonyl (C=O) groups excluding carboxylic acids is 1. The second kappa shape index (κ2) is 14.1. The molecule has 0 saturated heterocycles. The Morgan fingerprint density at radius 3 is 1.84 bits per heavy atom. The van der Waals surface area contributed by atoms with Gasteiger partial charge in [-0.05, 0) is 90.8 Å². The van der Waals surface area contributed by atoms with Crippen molar-refractivity contribution in [1.82, 2.24) is 0 Å². The summed E-state index contributed by atoms with van der Waals surface area (Å²) in [4.78, 5) is 12.4. The number of aromatic hydroxyl groups is 1. The summed E-state index contributed by atoms with van der Waals surface area (Å²) < 4.78 is 5.88. The predicted molar refractivity (Wildman–Crippen MR) is 178 cm³/mol. The maximum atomic E-state index is 12.4. The molecular weight excluding hydrogens is 528 g/mol. The minimum absolute atomic E-state index is 0.137. The lowest BCUT2D eigenvalue weighted by molar-refractivity contribution is -0.158. The zero-order valence-corrected chi connectivity index (χ0v) is 26.9. The molecule has 0 saturated carbocycles. The first-order valence-electron chi connectivity index (χ1n) is 15.8. The van der Waals surface area contributed by atoms with Crippen molar-refractivity contribution in [3.63, 3.8) is 0 Å². The van der Waals surface area contributed by atoms with Gasteiger partial charge in [0, 0.05) is 11.1 Å². The highest BCUT2D eigenvalue weighted by Crippen LogP contribution is 2.46. The zero-order chi connectivity index (χ0) is 31.1. The molecule has 0 radical (unpaired) electrons. The highest BCUT2D eigenvalue weighted by Gasteiger charge is 2.35. The van der Waals surface area contributed by atoms with Gasteiger partial charge in [0.15, 0.2) is 6.10 Å². The molecule has 4 aromatic carbocycles. The number of fused-ring (bicyclic) bond motifs is 4. The molecule has 2 aliphatic carbocycles. The van der Waals surface area contributed by atoms with E-state index in [1.807, 2.05) is 69.3 Å². The number of benzene rings is 4. The molecule has 0 aromatic heterocycles. The predicted octanol–water partition coefficient (Wildman–Crippen LogP) is 10.6. The van der Waals surface area contributed by atoms with Crippen LogP contribution in [0.3, 0.4) is 0 Å². The summed E-state index contributed by atoms with van der Waals surface area (Å²) >= 11 is 0. The normalized spacial score (nSPS) is 17.3. The van der Waals surface area contributed by atoms with Gasteiger partial charge < -0.3 is 9.84 Å². The van der Waals surface area contributed by atoms with Crippen molar-refractivity contribution in [3.8, 4) is 16.9 Å². The first kappa shape index (κ1) is 32.1. The summed E-state index contributed by atoms with van der Waals surface area (Å²) in [7, 11) is 0. The van der Waals surface area contributed by atoms with Crippen LogP contribution in [-0.2, 0) is 16.0 Å². The fourth-order valence-corrected chi connectivity index (χ4v) is 5.68. The van der Waals surface area contributed by atoms with Crippen LogP contribution in [0, 0.1) is 11.3 Å². The zero-order valence-electron chi connectivity index (χ0n) is 26.9. The first-order chi connectivity index (χ1) is 20.6. The van der Waals surface area contributed by atoms with E-state index in [4.69, 9.17) is 9.84 Å². The minimum Gasteiger partial charge on any atom is -0.508 e. The number of carbonyl (C=O) groups is 1. The number of esters is 1. The molecule has 2 aliphatic rings. The van der Waals surface area contributed by atoms with Crippen molar-refractivity contribution in [2.24, 2.45) is 11.3 Å². The van der Waals surface area contributed by atoms with Crippen LogP contribution in [0.1, 0.15) is 107 Å². The Morgan fingerprint density at radius 1 is 0.814 bits per heavy atom. The van der Waals surface area contributed by atoms with Crippen molar-refractivity contribution < 1.29 is 14.6 Å². The van der Waals surface area contributed by atoms with E-state index in [9.17, 15) is 4.79 Å². The van der Waals surface area contributed by atoms with Crippen molar-refractivity contribution in [2.45, 2.75) is 85.7 Å². The van der Waals surface area contributed by atoms with E-state index in [2.05, 4.69) is 64.1 Å². The third-order valence-corrected chi connectivity index (χ3v) is 9.45. The van der Waals surface area contributed by atoms with Gasteiger partial charge in [0.25, 0.3) is 0 Å². The Bertz CT molecular complexity index is 1450. The lowest BCUT2D eigenvalue weighted by atomic mass is 9.90. The van der Waals surface area contributed by atoms with Gasteiger partial charge in [-0.25, -0.2) is 0 Å². The molecule has 3 atom stereocenters. The molecule has 0 heterocycles. The van der Waals surface area contributed by atoms with Crippen LogP contribution in [0.5, 0.6) is 5.75 Å². The number of hydrogen-bond donors (Lipinski definition) is 1. The topological polar surface area (TPSA) is 46.5 Å². The molecule has 3 heteroatoms. The molecule has 3 nitrogen and oxygen atoms in total. The molecule has 0 amide bonds. The fraction of sp³-hybridized carbons (Fsp3) is 0.375. The summed E-state index contributed by atoms with van der Waals surface area (Å²) in [6.45, 7) is 14.9. The molecule has 0 fully saturated rings. The highest BCUT2D eigenvalue weighted by atomic mass is 16.5. The van der Waals surface area contributed by atoms with E-state index < -0.39 is 5.41 Å². The van der Waals surface area contributed by atoms with Gasteiger partial charge in [0.1, 0.15) is 5.75 Å². The summed E-state index contributed by atoms with van der Waals surface area (Å²) in [5, 5.41) is 9.01. The van der Waals surface area contributed by atoms with Gasteiger partial charge >= 0.3 is 5.97 Å². The molecule has 4 aromatic rings. The van der Waals surface area contributed by atoms with E-state index in [1.165, 1.54) is 23.1 Å². The van der Waals surface area contributed by atoms with Crippen molar-refractivity contribution in [1.29, 1.82) is 0 Å². The maximum absolute atomic E-state index is 12.4. The Morgan fingerprint density at radius 2 is 1.33 bits per heavy atom. The average Bonchev–Trinajstić information content (AvgIpc) is 3.50. The number of ether oxygens (including phenoxy) is 1. The lowest BCUT2D eigenvalue weighted by Gasteiger charge is -2.24. The summed E-state index contributed by atoms with van der Waals surface area (Å²) in [6.07, 6.45) is 2.90. The Kier molecular flexibility index (Phi) is 10.5. The molecule has 43 heavy (non-hydrogen) atoms. The van der Waals surface area contributed by atoms with Crippen molar-refractivity contribution in [2.75, 3.05) is 0 Å². The Labute approximate surface area is 259 Å². The number of phenolic OH excluding ortho intramolecular Hbond substituents is 1. The van der Waals surface area contributed by atoms with Crippen molar-refractivity contribution in [3.05, 3.63) is 125 Å². The van der Waals surface area contributed by atoms with Gasteiger partial charge in [-0.3, -0.25) is 4.79 Å². The monoisotopic (exact) mass is 576 g/mol. The minimum atomic E-state index is -0.452. The first-order valence-corrected chi connectivity index (χ1v) is 15.8. The molecule has 0 spiro atoms. The van der Waals surface area contributed by atoms with Crippen LogP contribution in [0.2, 0.25) is 0 Å².